The largest absolute Gasteiger partial charge is 0.455 e. The van der Waals surface area contributed by atoms with Crippen LogP contribution in [0.25, 0.3) is 23.2 Å². The normalized spacial score (nSPS) is 13.5. The maximum Gasteiger partial charge on any atom is 0.210 e. The molecule has 0 bridgehead atoms. The van der Waals surface area contributed by atoms with Crippen LogP contribution in [0.5, 0.6) is 0 Å². The second kappa shape index (κ2) is 11.7. The maximum atomic E-state index is 13.7. The molecule has 1 aliphatic rings. The number of allylic oxidation sites excluding steroid dienone is 1. The first-order valence-corrected chi connectivity index (χ1v) is 16.8. The van der Waals surface area contributed by atoms with Crippen LogP contribution >= 0.6 is 0 Å². The molecule has 0 amide bonds. The van der Waals surface area contributed by atoms with E-state index in [0.717, 1.165) is 11.1 Å². The van der Waals surface area contributed by atoms with Crippen molar-refractivity contribution in [2.45, 2.75) is 35.0 Å². The molecule has 0 N–H and O–H groups in total. The van der Waals surface area contributed by atoms with Gasteiger partial charge in [-0.15, -0.1) is 0 Å². The molecule has 8 heteroatoms. The van der Waals surface area contributed by atoms with Crippen LogP contribution in [0.15, 0.2) is 151 Å². The van der Waals surface area contributed by atoms with Crippen molar-refractivity contribution in [2.24, 2.45) is 0 Å². The van der Waals surface area contributed by atoms with Crippen LogP contribution in [0.3, 0.4) is 0 Å². The van der Waals surface area contributed by atoms with Crippen molar-refractivity contribution in [1.82, 2.24) is 0 Å². The van der Waals surface area contributed by atoms with Crippen molar-refractivity contribution in [3.05, 3.63) is 154 Å². The monoisotopic (exact) mass is 620 g/mol. The molecule has 1 aliphatic heterocycles. The summed E-state index contributed by atoms with van der Waals surface area (Å²) in [6.07, 6.45) is 1.44. The Morgan fingerprint density at radius 2 is 1.18 bits per heavy atom. The summed E-state index contributed by atoms with van der Waals surface area (Å²) in [7, 11) is -7.81. The Kier molecular flexibility index (Phi) is 7.74. The van der Waals surface area contributed by atoms with Gasteiger partial charge in [-0.1, -0.05) is 102 Å². The van der Waals surface area contributed by atoms with Gasteiger partial charge in [0, 0.05) is 23.3 Å². The molecule has 0 atom stereocenters. The Bertz CT molecular complexity index is 2150. The third-order valence-electron chi connectivity index (χ3n) is 7.24. The second-order valence-corrected chi connectivity index (χ2v) is 14.3. The molecule has 0 saturated heterocycles. The Balaban J connectivity index is 1.42. The number of benzene rings is 4. The van der Waals surface area contributed by atoms with Crippen molar-refractivity contribution in [3.63, 3.8) is 0 Å². The summed E-state index contributed by atoms with van der Waals surface area (Å²) in [4.78, 5) is 0.459. The van der Waals surface area contributed by atoms with Crippen molar-refractivity contribution < 1.29 is 26.0 Å². The number of rotatable bonds is 7. The van der Waals surface area contributed by atoms with Gasteiger partial charge in [-0.25, -0.2) is 16.8 Å². The molecule has 6 rings (SSSR count). The van der Waals surface area contributed by atoms with E-state index in [1.54, 1.807) is 84.9 Å². The van der Waals surface area contributed by atoms with E-state index in [-0.39, 0.29) is 49.1 Å². The van der Waals surface area contributed by atoms with Crippen molar-refractivity contribution in [2.75, 3.05) is 0 Å². The summed E-state index contributed by atoms with van der Waals surface area (Å²) in [6.45, 7) is 3.78. The summed E-state index contributed by atoms with van der Waals surface area (Å²) in [5.41, 5.74) is 6.13. The number of sulfone groups is 2. The lowest BCUT2D eigenvalue weighted by molar-refractivity contribution is 0.397. The standard InChI is InChI=1S/C36H28O6S2/c1-25-13-19-31(20-14-25)43(37,38)33-23-29(41-35(33)27-9-5-3-6-10-27)17-18-30-24-34(36(42-30)28-11-7-4-8-12-28)44(39,40)32-21-15-26(2)16-22-32/h3-17,19-23H,24H2,1-2H3. The topological polar surface area (TPSA) is 90.7 Å². The van der Waals surface area contributed by atoms with Crippen LogP contribution < -0.4 is 0 Å². The highest BCUT2D eigenvalue weighted by Crippen LogP contribution is 2.40. The van der Waals surface area contributed by atoms with Crippen LogP contribution in [0.2, 0.25) is 0 Å². The lowest BCUT2D eigenvalue weighted by atomic mass is 10.2. The fourth-order valence-electron chi connectivity index (χ4n) is 4.86. The van der Waals surface area contributed by atoms with E-state index in [1.165, 1.54) is 12.1 Å². The molecule has 44 heavy (non-hydrogen) atoms. The Hall–Kier alpha value is -4.88. The third kappa shape index (κ3) is 5.71. The summed E-state index contributed by atoms with van der Waals surface area (Å²) >= 11 is 0. The molecule has 4 aromatic carbocycles. The second-order valence-electron chi connectivity index (χ2n) is 10.5. The fraction of sp³-hybridized carbons (Fsp3) is 0.0833. The predicted octanol–water partition coefficient (Wildman–Crippen LogP) is 8.16. The van der Waals surface area contributed by atoms with Crippen molar-refractivity contribution >= 4 is 31.5 Å². The number of hydrogen-bond acceptors (Lipinski definition) is 6. The van der Waals surface area contributed by atoms with Crippen molar-refractivity contribution in [1.29, 1.82) is 0 Å². The summed E-state index contributed by atoms with van der Waals surface area (Å²) < 4.78 is 67.1. The van der Waals surface area contributed by atoms with E-state index < -0.39 is 19.7 Å². The fourth-order valence-corrected chi connectivity index (χ4v) is 7.79. The van der Waals surface area contributed by atoms with Gasteiger partial charge < -0.3 is 9.15 Å². The van der Waals surface area contributed by atoms with Gasteiger partial charge in [0.1, 0.15) is 15.6 Å². The smallest absolute Gasteiger partial charge is 0.210 e. The first-order valence-electron chi connectivity index (χ1n) is 13.9. The molecule has 0 radical (unpaired) electrons. The SMILES string of the molecule is Cc1ccc(S(=O)(=O)C2=C(c3ccccc3)OC(=C=Cc3cc(S(=O)(=O)c4ccc(C)cc4)c(-c4ccccc4)o3)C2)cc1. The molecule has 0 aliphatic carbocycles. The Labute approximate surface area is 257 Å². The van der Waals surface area contributed by atoms with E-state index in [2.05, 4.69) is 5.73 Å². The highest BCUT2D eigenvalue weighted by molar-refractivity contribution is 7.95. The van der Waals surface area contributed by atoms with E-state index in [1.807, 2.05) is 38.1 Å². The van der Waals surface area contributed by atoms with Crippen LogP contribution in [0, 0.1) is 13.8 Å². The number of furan rings is 1. The summed E-state index contributed by atoms with van der Waals surface area (Å²) in [5, 5.41) is 0. The molecule has 2 heterocycles. The van der Waals surface area contributed by atoms with Crippen LogP contribution in [-0.2, 0) is 24.4 Å². The highest BCUT2D eigenvalue weighted by atomic mass is 32.2. The molecular formula is C36H28O6S2. The quantitative estimate of drug-likeness (QED) is 0.171. The maximum absolute atomic E-state index is 13.7. The predicted molar refractivity (Wildman–Crippen MR) is 170 cm³/mol. The first-order chi connectivity index (χ1) is 21.1. The highest BCUT2D eigenvalue weighted by Gasteiger charge is 2.33. The zero-order valence-corrected chi connectivity index (χ0v) is 25.7. The minimum Gasteiger partial charge on any atom is -0.455 e. The molecule has 1 aromatic heterocycles. The van der Waals surface area contributed by atoms with Gasteiger partial charge in [0.15, 0.2) is 17.3 Å². The van der Waals surface area contributed by atoms with Gasteiger partial charge in [0.05, 0.1) is 16.2 Å². The average Bonchev–Trinajstić information content (AvgIpc) is 3.67. The van der Waals surface area contributed by atoms with E-state index >= 15 is 0 Å². The van der Waals surface area contributed by atoms with Crippen LogP contribution in [0.4, 0.5) is 0 Å². The lowest BCUT2D eigenvalue weighted by Crippen LogP contribution is -2.05. The van der Waals surface area contributed by atoms with Crippen LogP contribution in [-0.4, -0.2) is 16.8 Å². The molecule has 0 unspecified atom stereocenters. The minimum atomic E-state index is -3.92. The Morgan fingerprint density at radius 1 is 0.659 bits per heavy atom. The average molecular weight is 621 g/mol. The first kappa shape index (κ1) is 29.2. The Morgan fingerprint density at radius 3 is 1.75 bits per heavy atom. The number of hydrogen-bond donors (Lipinski definition) is 0. The molecule has 0 spiro atoms. The zero-order chi connectivity index (χ0) is 30.9. The molecule has 220 valence electrons. The van der Waals surface area contributed by atoms with Gasteiger partial charge in [-0.3, -0.25) is 0 Å². The van der Waals surface area contributed by atoms with Gasteiger partial charge in [0.25, 0.3) is 0 Å². The van der Waals surface area contributed by atoms with E-state index in [4.69, 9.17) is 9.15 Å². The number of aryl methyl sites for hydroxylation is 2. The summed E-state index contributed by atoms with van der Waals surface area (Å²) in [5.74, 6) is 0.910. The van der Waals surface area contributed by atoms with Crippen molar-refractivity contribution in [3.8, 4) is 11.3 Å². The summed E-state index contributed by atoms with van der Waals surface area (Å²) in [6, 6.07) is 32.8. The van der Waals surface area contributed by atoms with Gasteiger partial charge in [-0.05, 0) is 38.1 Å². The third-order valence-corrected chi connectivity index (χ3v) is 10.9. The molecular weight excluding hydrogens is 593 g/mol. The van der Waals surface area contributed by atoms with Gasteiger partial charge >= 0.3 is 0 Å². The van der Waals surface area contributed by atoms with E-state index in [9.17, 15) is 16.8 Å². The van der Waals surface area contributed by atoms with Crippen LogP contribution in [0.1, 0.15) is 28.9 Å². The van der Waals surface area contributed by atoms with E-state index in [0.29, 0.717) is 11.1 Å². The molecule has 0 fully saturated rings. The molecule has 6 nitrogen and oxygen atoms in total. The van der Waals surface area contributed by atoms with Gasteiger partial charge in [-0.2, -0.15) is 0 Å². The van der Waals surface area contributed by atoms with Gasteiger partial charge in [0.2, 0.25) is 19.7 Å². The zero-order valence-electron chi connectivity index (χ0n) is 24.0. The lowest BCUT2D eigenvalue weighted by Gasteiger charge is -2.08. The minimum absolute atomic E-state index is 0.0173. The molecule has 5 aromatic rings. The number of ether oxygens (including phenoxy) is 1. The molecule has 0 saturated carbocycles.